The van der Waals surface area contributed by atoms with Crippen molar-refractivity contribution in [2.24, 2.45) is 0 Å². The molecule has 0 saturated carbocycles. The molecule has 37 heavy (non-hydrogen) atoms. The van der Waals surface area contributed by atoms with Gasteiger partial charge in [0.05, 0.1) is 22.5 Å². The monoisotopic (exact) mass is 589 g/mol. The summed E-state index contributed by atoms with van der Waals surface area (Å²) >= 11 is 4.30. The zero-order chi connectivity index (χ0) is 26.4. The molecule has 2 amide bonds. The van der Waals surface area contributed by atoms with Crippen molar-refractivity contribution in [3.63, 3.8) is 0 Å². The highest BCUT2D eigenvalue weighted by atomic mass is 79.9. The number of rotatable bonds is 10. The van der Waals surface area contributed by atoms with Gasteiger partial charge in [0.25, 0.3) is 11.1 Å². The van der Waals surface area contributed by atoms with Crippen molar-refractivity contribution >= 4 is 44.9 Å². The summed E-state index contributed by atoms with van der Waals surface area (Å²) < 4.78 is 44.7. The van der Waals surface area contributed by atoms with E-state index in [0.29, 0.717) is 39.5 Å². The van der Waals surface area contributed by atoms with E-state index in [9.17, 15) is 18.4 Å². The van der Waals surface area contributed by atoms with Crippen LogP contribution >= 0.6 is 27.7 Å². The fraction of sp³-hybridized carbons (Fsp3) is 0.185. The number of halogens is 3. The second-order valence-electron chi connectivity index (χ2n) is 7.78. The molecule has 4 rings (SSSR count). The third-order valence-corrected chi connectivity index (χ3v) is 6.73. The van der Waals surface area contributed by atoms with Crippen molar-refractivity contribution in [3.8, 4) is 17.2 Å². The minimum absolute atomic E-state index is 0.00355. The Morgan fingerprint density at radius 1 is 1.00 bits per heavy atom. The molecule has 3 aromatic rings. The SMILES string of the molecule is CCOc1cc(/C=C2\SC(=O)N(CCOc3ccc(F)cc3)C2=O)cc(Br)c1OCc1ccccc1F. The summed E-state index contributed by atoms with van der Waals surface area (Å²) in [5, 5.41) is -0.409. The molecule has 192 valence electrons. The first-order valence-corrected chi connectivity index (χ1v) is 12.9. The first kappa shape index (κ1) is 26.7. The maximum atomic E-state index is 14.0. The Morgan fingerprint density at radius 2 is 1.76 bits per heavy atom. The number of ether oxygens (including phenoxy) is 3. The maximum Gasteiger partial charge on any atom is 0.293 e. The van der Waals surface area contributed by atoms with E-state index in [2.05, 4.69) is 15.9 Å². The number of carbonyl (C=O) groups is 2. The molecule has 1 heterocycles. The quantitative estimate of drug-likeness (QED) is 0.242. The lowest BCUT2D eigenvalue weighted by atomic mass is 10.1. The molecule has 6 nitrogen and oxygen atoms in total. The molecular formula is C27H22BrF2NO5S. The number of amides is 2. The lowest BCUT2D eigenvalue weighted by molar-refractivity contribution is -0.123. The molecule has 0 bridgehead atoms. The first-order valence-electron chi connectivity index (χ1n) is 11.3. The number of nitrogens with zero attached hydrogens (tertiary/aromatic N) is 1. The minimum atomic E-state index is -0.438. The van der Waals surface area contributed by atoms with Gasteiger partial charge < -0.3 is 14.2 Å². The normalized spacial score (nSPS) is 14.4. The molecule has 10 heteroatoms. The highest BCUT2D eigenvalue weighted by molar-refractivity contribution is 9.10. The van der Waals surface area contributed by atoms with Gasteiger partial charge in [0.2, 0.25) is 0 Å². The summed E-state index contributed by atoms with van der Waals surface area (Å²) in [5.74, 6) is 0.0557. The summed E-state index contributed by atoms with van der Waals surface area (Å²) in [7, 11) is 0. The molecule has 1 aliphatic heterocycles. The van der Waals surface area contributed by atoms with Crippen molar-refractivity contribution in [3.05, 3.63) is 92.8 Å². The predicted molar refractivity (Wildman–Crippen MR) is 141 cm³/mol. The number of carbonyl (C=O) groups excluding carboxylic acids is 2. The second-order valence-corrected chi connectivity index (χ2v) is 9.63. The molecule has 0 N–H and O–H groups in total. The van der Waals surface area contributed by atoms with E-state index in [4.69, 9.17) is 14.2 Å². The number of benzene rings is 3. The van der Waals surface area contributed by atoms with Gasteiger partial charge in [-0.2, -0.15) is 0 Å². The van der Waals surface area contributed by atoms with Crippen molar-refractivity contribution in [1.29, 1.82) is 0 Å². The topological polar surface area (TPSA) is 65.1 Å². The Morgan fingerprint density at radius 3 is 2.49 bits per heavy atom. The van der Waals surface area contributed by atoms with E-state index in [1.165, 1.54) is 30.3 Å². The number of hydrogen-bond acceptors (Lipinski definition) is 6. The fourth-order valence-electron chi connectivity index (χ4n) is 3.47. The van der Waals surface area contributed by atoms with Gasteiger partial charge in [-0.15, -0.1) is 0 Å². The van der Waals surface area contributed by atoms with Crippen LogP contribution in [0.2, 0.25) is 0 Å². The molecular weight excluding hydrogens is 568 g/mol. The average molecular weight is 590 g/mol. The van der Waals surface area contributed by atoms with E-state index in [1.807, 2.05) is 6.92 Å². The lowest BCUT2D eigenvalue weighted by Crippen LogP contribution is -2.32. The van der Waals surface area contributed by atoms with Gasteiger partial charge >= 0.3 is 0 Å². The van der Waals surface area contributed by atoms with Crippen molar-refractivity contribution in [2.75, 3.05) is 19.8 Å². The largest absolute Gasteiger partial charge is 0.492 e. The highest BCUT2D eigenvalue weighted by Gasteiger charge is 2.35. The maximum absolute atomic E-state index is 14.0. The first-order chi connectivity index (χ1) is 17.9. The lowest BCUT2D eigenvalue weighted by Gasteiger charge is -2.15. The Bertz CT molecular complexity index is 1330. The van der Waals surface area contributed by atoms with Crippen LogP contribution in [-0.2, 0) is 11.4 Å². The van der Waals surface area contributed by atoms with Crippen LogP contribution in [0.5, 0.6) is 17.2 Å². The molecule has 0 unspecified atom stereocenters. The van der Waals surface area contributed by atoms with E-state index >= 15 is 0 Å². The predicted octanol–water partition coefficient (Wildman–Crippen LogP) is 6.82. The van der Waals surface area contributed by atoms with Gasteiger partial charge in [-0.1, -0.05) is 18.2 Å². The van der Waals surface area contributed by atoms with Gasteiger partial charge in [0.15, 0.2) is 11.5 Å². The van der Waals surface area contributed by atoms with Crippen LogP contribution in [0, 0.1) is 11.6 Å². The summed E-state index contributed by atoms with van der Waals surface area (Å²) in [5.41, 5.74) is 1.01. The Kier molecular flexibility index (Phi) is 8.83. The summed E-state index contributed by atoms with van der Waals surface area (Å²) in [4.78, 5) is 26.7. The Balaban J connectivity index is 1.46. The van der Waals surface area contributed by atoms with E-state index in [1.54, 1.807) is 36.4 Å². The number of thioether (sulfide) groups is 1. The van der Waals surface area contributed by atoms with E-state index in [0.717, 1.165) is 16.7 Å². The summed E-state index contributed by atoms with van der Waals surface area (Å²) in [6, 6.07) is 15.2. The van der Waals surface area contributed by atoms with Crippen LogP contribution in [0.3, 0.4) is 0 Å². The minimum Gasteiger partial charge on any atom is -0.492 e. The molecule has 1 aliphatic rings. The van der Waals surface area contributed by atoms with Gasteiger partial charge in [-0.05, 0) is 88.7 Å². The second kappa shape index (κ2) is 12.2. The highest BCUT2D eigenvalue weighted by Crippen LogP contribution is 2.39. The molecule has 3 aromatic carbocycles. The molecule has 0 aromatic heterocycles. The third kappa shape index (κ3) is 6.69. The third-order valence-electron chi connectivity index (χ3n) is 5.23. The molecule has 1 fully saturated rings. The number of imide groups is 1. The van der Waals surface area contributed by atoms with Crippen molar-refractivity contribution in [1.82, 2.24) is 4.90 Å². The smallest absolute Gasteiger partial charge is 0.293 e. The Labute approximate surface area is 225 Å². The van der Waals surface area contributed by atoms with Gasteiger partial charge in [0.1, 0.15) is 30.6 Å². The van der Waals surface area contributed by atoms with Crippen LogP contribution < -0.4 is 14.2 Å². The zero-order valence-corrected chi connectivity index (χ0v) is 22.1. The van der Waals surface area contributed by atoms with Crippen LogP contribution in [0.25, 0.3) is 6.08 Å². The molecule has 1 saturated heterocycles. The molecule has 0 radical (unpaired) electrons. The summed E-state index contributed by atoms with van der Waals surface area (Å²) in [6.45, 7) is 2.31. The fourth-order valence-corrected chi connectivity index (χ4v) is 4.91. The van der Waals surface area contributed by atoms with Crippen molar-refractivity contribution in [2.45, 2.75) is 13.5 Å². The molecule has 0 aliphatic carbocycles. The van der Waals surface area contributed by atoms with Crippen LogP contribution in [-0.4, -0.2) is 35.8 Å². The van der Waals surface area contributed by atoms with Crippen LogP contribution in [0.15, 0.2) is 70.0 Å². The standard InChI is InChI=1S/C27H22BrF2NO5S/c1-2-34-23-14-17(13-21(28)25(23)36-16-18-5-3-4-6-22(18)30)15-24-26(32)31(27(33)37-24)11-12-35-20-9-7-19(29)8-10-20/h3-10,13-15H,2,11-12,16H2,1H3/b24-15-. The van der Waals surface area contributed by atoms with E-state index < -0.39 is 11.1 Å². The zero-order valence-electron chi connectivity index (χ0n) is 19.7. The van der Waals surface area contributed by atoms with Crippen LogP contribution in [0.4, 0.5) is 13.6 Å². The van der Waals surface area contributed by atoms with Gasteiger partial charge in [0, 0.05) is 5.56 Å². The van der Waals surface area contributed by atoms with Gasteiger partial charge in [-0.25, -0.2) is 8.78 Å². The molecule has 0 atom stereocenters. The number of hydrogen-bond donors (Lipinski definition) is 0. The van der Waals surface area contributed by atoms with E-state index in [-0.39, 0.29) is 36.3 Å². The Hall–Kier alpha value is -3.37. The molecule has 0 spiro atoms. The van der Waals surface area contributed by atoms with Crippen LogP contribution in [0.1, 0.15) is 18.1 Å². The average Bonchev–Trinajstić information content (AvgIpc) is 3.13. The summed E-state index contributed by atoms with van der Waals surface area (Å²) in [6.07, 6.45) is 1.60. The van der Waals surface area contributed by atoms with Gasteiger partial charge in [-0.3, -0.25) is 14.5 Å². The van der Waals surface area contributed by atoms with Crippen molar-refractivity contribution < 1.29 is 32.6 Å².